The van der Waals surface area contributed by atoms with Gasteiger partial charge >= 0.3 is 6.09 Å². The Balaban J connectivity index is 1.94. The van der Waals surface area contributed by atoms with E-state index in [0.29, 0.717) is 36.8 Å². The number of amides is 1. The van der Waals surface area contributed by atoms with Gasteiger partial charge in [-0.1, -0.05) is 38.4 Å². The van der Waals surface area contributed by atoms with Gasteiger partial charge in [0.05, 0.1) is 28.8 Å². The third kappa shape index (κ3) is 3.77. The molecule has 1 unspecified atom stereocenters. The average Bonchev–Trinajstić information content (AvgIpc) is 2.60. The summed E-state index contributed by atoms with van der Waals surface area (Å²) in [4.78, 5) is 15.3. The molecule has 1 amide bonds. The van der Waals surface area contributed by atoms with E-state index < -0.39 is 6.09 Å². The van der Waals surface area contributed by atoms with E-state index in [0.717, 1.165) is 11.1 Å². The van der Waals surface area contributed by atoms with Crippen molar-refractivity contribution in [2.45, 2.75) is 45.9 Å². The topological polar surface area (TPSA) is 76.8 Å². The minimum absolute atomic E-state index is 0.0224. The van der Waals surface area contributed by atoms with Crippen LogP contribution in [0.1, 0.15) is 43.6 Å². The number of ether oxygens (including phenoxy) is 1. The van der Waals surface area contributed by atoms with Gasteiger partial charge in [0.1, 0.15) is 6.07 Å². The van der Waals surface area contributed by atoms with E-state index in [1.807, 2.05) is 13.0 Å². The second kappa shape index (κ2) is 7.31. The van der Waals surface area contributed by atoms with Crippen molar-refractivity contribution in [1.82, 2.24) is 9.80 Å². The van der Waals surface area contributed by atoms with Crippen LogP contribution in [0.5, 0.6) is 0 Å². The maximum absolute atomic E-state index is 11.4. The third-order valence-electron chi connectivity index (χ3n) is 5.63. The van der Waals surface area contributed by atoms with Gasteiger partial charge in [-0.05, 0) is 29.5 Å². The number of morpholine rings is 1. The third-order valence-corrected chi connectivity index (χ3v) is 5.95. The number of carboxylic acid groups (broad SMARTS) is 1. The van der Waals surface area contributed by atoms with Crippen LogP contribution in [0.4, 0.5) is 4.79 Å². The first-order chi connectivity index (χ1) is 12.6. The predicted molar refractivity (Wildman–Crippen MR) is 103 cm³/mol. The molecule has 0 saturated carbocycles. The highest BCUT2D eigenvalue weighted by Gasteiger charge is 2.46. The number of rotatable bonds is 1. The molecule has 1 aromatic carbocycles. The molecule has 7 heteroatoms. The highest BCUT2D eigenvalue weighted by molar-refractivity contribution is 6.31. The zero-order valence-corrected chi connectivity index (χ0v) is 17.0. The number of benzene rings is 1. The molecule has 1 N–H and O–H groups in total. The lowest BCUT2D eigenvalue weighted by Crippen LogP contribution is -2.65. The summed E-state index contributed by atoms with van der Waals surface area (Å²) in [5, 5.41) is 19.3. The van der Waals surface area contributed by atoms with Crippen LogP contribution in [-0.4, -0.2) is 59.3 Å². The Morgan fingerprint density at radius 1 is 1.33 bits per heavy atom. The Morgan fingerprint density at radius 2 is 2.04 bits per heavy atom. The molecule has 2 aliphatic heterocycles. The van der Waals surface area contributed by atoms with Gasteiger partial charge in [0, 0.05) is 26.2 Å². The number of nitriles is 1. The molecule has 0 spiro atoms. The SMILES string of the molecule is Cc1c([C@H]2CN3CCN(C(=O)O)C[C@H]3C(C(C)(C)C)O2)ccc(Cl)c1C#N. The van der Waals surface area contributed by atoms with Crippen molar-refractivity contribution in [3.8, 4) is 6.07 Å². The van der Waals surface area contributed by atoms with E-state index >= 15 is 0 Å². The summed E-state index contributed by atoms with van der Waals surface area (Å²) in [6.07, 6.45) is -1.18. The van der Waals surface area contributed by atoms with Gasteiger partial charge in [0.25, 0.3) is 0 Å². The first-order valence-corrected chi connectivity index (χ1v) is 9.57. The summed E-state index contributed by atoms with van der Waals surface area (Å²) in [5.41, 5.74) is 2.17. The largest absolute Gasteiger partial charge is 0.465 e. The fourth-order valence-corrected chi connectivity index (χ4v) is 4.44. The van der Waals surface area contributed by atoms with Gasteiger partial charge in [0.2, 0.25) is 0 Å². The van der Waals surface area contributed by atoms with Crippen molar-refractivity contribution in [2.24, 2.45) is 5.41 Å². The molecule has 3 atom stereocenters. The predicted octanol–water partition coefficient (Wildman–Crippen LogP) is 3.67. The second-order valence-corrected chi connectivity index (χ2v) is 8.86. The van der Waals surface area contributed by atoms with E-state index in [-0.39, 0.29) is 23.7 Å². The molecule has 1 aromatic rings. The minimum atomic E-state index is -0.878. The van der Waals surface area contributed by atoms with Crippen LogP contribution in [0.3, 0.4) is 0 Å². The minimum Gasteiger partial charge on any atom is -0.465 e. The number of hydrogen-bond donors (Lipinski definition) is 1. The standard InChI is InChI=1S/C20H26ClN3O3/c1-12-13(5-6-15(21)14(12)9-22)17-11-23-7-8-24(19(25)26)10-16(23)18(27-17)20(2,3)4/h5-6,16-18H,7-8,10-11H2,1-4H3,(H,25,26)/t16-,17+,18?/m0/s1. The molecule has 27 heavy (non-hydrogen) atoms. The van der Waals surface area contributed by atoms with Crippen molar-refractivity contribution in [1.29, 1.82) is 5.26 Å². The van der Waals surface area contributed by atoms with E-state index in [2.05, 4.69) is 31.7 Å². The van der Waals surface area contributed by atoms with Crippen LogP contribution < -0.4 is 0 Å². The van der Waals surface area contributed by atoms with Gasteiger partial charge in [-0.25, -0.2) is 4.79 Å². The van der Waals surface area contributed by atoms with Gasteiger partial charge in [-0.15, -0.1) is 0 Å². The van der Waals surface area contributed by atoms with E-state index in [4.69, 9.17) is 16.3 Å². The van der Waals surface area contributed by atoms with Crippen molar-refractivity contribution < 1.29 is 14.6 Å². The number of nitrogens with zero attached hydrogens (tertiary/aromatic N) is 3. The molecule has 0 aromatic heterocycles. The van der Waals surface area contributed by atoms with E-state index in [1.54, 1.807) is 6.07 Å². The van der Waals surface area contributed by atoms with Crippen molar-refractivity contribution in [2.75, 3.05) is 26.2 Å². The number of carbonyl (C=O) groups is 1. The molecule has 2 aliphatic rings. The van der Waals surface area contributed by atoms with Crippen molar-refractivity contribution >= 4 is 17.7 Å². The summed E-state index contributed by atoms with van der Waals surface area (Å²) in [5.74, 6) is 0. The summed E-state index contributed by atoms with van der Waals surface area (Å²) in [6.45, 7) is 10.6. The van der Waals surface area contributed by atoms with Crippen LogP contribution >= 0.6 is 11.6 Å². The van der Waals surface area contributed by atoms with Crippen molar-refractivity contribution in [3.63, 3.8) is 0 Å². The maximum Gasteiger partial charge on any atom is 0.407 e. The Morgan fingerprint density at radius 3 is 2.63 bits per heavy atom. The second-order valence-electron chi connectivity index (χ2n) is 8.45. The van der Waals surface area contributed by atoms with Gasteiger partial charge < -0.3 is 14.7 Å². The molecule has 6 nitrogen and oxygen atoms in total. The fraction of sp³-hybridized carbons (Fsp3) is 0.600. The molecule has 0 radical (unpaired) electrons. The first kappa shape index (κ1) is 19.9. The van der Waals surface area contributed by atoms with Gasteiger partial charge in [0.15, 0.2) is 0 Å². The molecule has 3 rings (SSSR count). The molecule has 0 aliphatic carbocycles. The summed E-state index contributed by atoms with van der Waals surface area (Å²) in [6, 6.07) is 5.91. The monoisotopic (exact) mass is 391 g/mol. The van der Waals surface area contributed by atoms with Gasteiger partial charge in [-0.3, -0.25) is 4.90 Å². The highest BCUT2D eigenvalue weighted by Crippen LogP contribution is 2.40. The fourth-order valence-electron chi connectivity index (χ4n) is 4.19. The Labute approximate surface area is 165 Å². The van der Waals surface area contributed by atoms with Crippen LogP contribution in [0.2, 0.25) is 5.02 Å². The number of piperazine rings is 1. The van der Waals surface area contributed by atoms with Crippen LogP contribution in [0.25, 0.3) is 0 Å². The summed E-state index contributed by atoms with van der Waals surface area (Å²) < 4.78 is 6.54. The molecule has 0 bridgehead atoms. The lowest BCUT2D eigenvalue weighted by Gasteiger charge is -2.53. The molecule has 2 fully saturated rings. The molecule has 146 valence electrons. The van der Waals surface area contributed by atoms with Crippen LogP contribution in [0.15, 0.2) is 12.1 Å². The van der Waals surface area contributed by atoms with Gasteiger partial charge in [-0.2, -0.15) is 5.26 Å². The molecule has 2 heterocycles. The Bertz CT molecular complexity index is 784. The zero-order valence-electron chi connectivity index (χ0n) is 16.2. The number of fused-ring (bicyclic) bond motifs is 1. The quantitative estimate of drug-likeness (QED) is 0.790. The molecular formula is C20H26ClN3O3. The Hall–Kier alpha value is -1.81. The number of halogens is 1. The number of hydrogen-bond acceptors (Lipinski definition) is 4. The average molecular weight is 392 g/mol. The van der Waals surface area contributed by atoms with E-state index in [1.165, 1.54) is 4.90 Å². The Kier molecular flexibility index (Phi) is 5.40. The summed E-state index contributed by atoms with van der Waals surface area (Å²) in [7, 11) is 0. The lowest BCUT2D eigenvalue weighted by molar-refractivity contribution is -0.173. The van der Waals surface area contributed by atoms with Crippen LogP contribution in [0, 0.1) is 23.7 Å². The normalized spacial score (nSPS) is 26.4. The van der Waals surface area contributed by atoms with Crippen LogP contribution in [-0.2, 0) is 4.74 Å². The van der Waals surface area contributed by atoms with Crippen molar-refractivity contribution in [3.05, 3.63) is 33.8 Å². The van der Waals surface area contributed by atoms with E-state index in [9.17, 15) is 15.2 Å². The highest BCUT2D eigenvalue weighted by atomic mass is 35.5. The maximum atomic E-state index is 11.4. The summed E-state index contributed by atoms with van der Waals surface area (Å²) >= 11 is 6.16. The molecule has 2 saturated heterocycles. The lowest BCUT2D eigenvalue weighted by atomic mass is 9.81. The zero-order chi connectivity index (χ0) is 19.9. The first-order valence-electron chi connectivity index (χ1n) is 9.20. The molecular weight excluding hydrogens is 366 g/mol. The smallest absolute Gasteiger partial charge is 0.407 e.